The highest BCUT2D eigenvalue weighted by atomic mass is 31.3. The van der Waals surface area contributed by atoms with Crippen molar-refractivity contribution >= 4 is 80.6 Å². The lowest BCUT2D eigenvalue weighted by Crippen LogP contribution is -2.49. The van der Waals surface area contributed by atoms with E-state index in [4.69, 9.17) is 34.3 Å². The largest absolute Gasteiger partial charge is 0.480 e. The van der Waals surface area contributed by atoms with Gasteiger partial charge in [-0.2, -0.15) is 4.31 Å². The van der Waals surface area contributed by atoms with E-state index in [1.165, 1.54) is 10.9 Å². The maximum absolute atomic E-state index is 14.7. The zero-order valence-electron chi connectivity index (χ0n) is 47.7. The molecule has 0 saturated carbocycles. The molecule has 5 aromatic rings. The van der Waals surface area contributed by atoms with Crippen molar-refractivity contribution in [3.63, 3.8) is 0 Å². The Kier molecular flexibility index (Phi) is 17.4. The van der Waals surface area contributed by atoms with Gasteiger partial charge in [0, 0.05) is 98.3 Å². The van der Waals surface area contributed by atoms with Crippen LogP contribution >= 0.6 is 23.3 Å². The van der Waals surface area contributed by atoms with Crippen molar-refractivity contribution in [3.8, 4) is 11.5 Å². The molecule has 450 valence electrons. The number of likely N-dealkylation sites (N-methyl/N-ethyl adjacent to an activating group) is 2. The van der Waals surface area contributed by atoms with Crippen LogP contribution in [0.3, 0.4) is 0 Å². The topological polar surface area (TPSA) is 365 Å². The van der Waals surface area contributed by atoms with E-state index in [0.717, 1.165) is 79.5 Å². The Morgan fingerprint density at radius 3 is 2.32 bits per heavy atom. The Balaban J connectivity index is 0.860. The number of nitrogens with one attached hydrogen (secondary N) is 3. The Morgan fingerprint density at radius 1 is 0.893 bits per heavy atom. The summed E-state index contributed by atoms with van der Waals surface area (Å²) in [7, 11) is -15.0. The van der Waals surface area contributed by atoms with Gasteiger partial charge >= 0.3 is 29.4 Å². The minimum atomic E-state index is -5.63. The summed E-state index contributed by atoms with van der Waals surface area (Å²) in [5.41, 5.74) is 14.1. The first-order chi connectivity index (χ1) is 39.4. The fraction of sp³-hybridized carbons (Fsp3) is 0.426. The molecule has 0 spiro atoms. The molecule has 1 saturated heterocycles. The first-order valence-corrected chi connectivity index (χ1v) is 31.7. The van der Waals surface area contributed by atoms with Crippen LogP contribution in [0.15, 0.2) is 73.3 Å². The maximum Gasteiger partial charge on any atom is 0.480 e. The van der Waals surface area contributed by atoms with Crippen LogP contribution in [0, 0.1) is 0 Å². The number of nitrogens with two attached hydrogens (primary N) is 1. The number of benzene rings is 3. The van der Waals surface area contributed by atoms with Gasteiger partial charge in [0.15, 0.2) is 29.3 Å². The second kappa shape index (κ2) is 23.6. The molecule has 3 amide bonds. The quantitative estimate of drug-likeness (QED) is 0.0290. The van der Waals surface area contributed by atoms with Gasteiger partial charge in [-0.15, -0.1) is 4.86 Å². The van der Waals surface area contributed by atoms with Crippen LogP contribution < -0.4 is 46.0 Å². The number of carbonyl (C=O) groups excluding carboxylic acids is 3. The number of phosphoric acid groups is 1. The number of carbonyl (C=O) groups is 3. The number of anilines is 2. The molecule has 6 heterocycles. The number of aromatic nitrogens is 4. The number of aliphatic hydroxyl groups excluding tert-OH is 1. The van der Waals surface area contributed by atoms with Gasteiger partial charge in [-0.3, -0.25) is 18.7 Å². The van der Waals surface area contributed by atoms with Crippen LogP contribution in [0.25, 0.3) is 27.9 Å². The monoisotopic (exact) mass is 1220 g/mol. The molecule has 4 aliphatic heterocycles. The minimum Gasteiger partial charge on any atom is -0.456 e. The SMILES string of the molecule is CCN1c2cc3c(cc2C(C)=CC1(C)C)C(c1ccccc1C(=O)N(C)CCCC(=O)NCCNC(=O)O[C@@H]1[C@H](O)[C@@H](COP(=O)(O)OP(=O)(O)NP(=O)(O)O)O[C@H]1n1cnc2c(N)ncnc21)=c1cc2c(cc1O3)=[N+](CC)C(C)(C)C=C2C. The van der Waals surface area contributed by atoms with Crippen LogP contribution in [-0.4, -0.2) is 143 Å². The molecule has 10 N–H and O–H groups in total. The minimum absolute atomic E-state index is 0.0256. The summed E-state index contributed by atoms with van der Waals surface area (Å²) < 4.78 is 66.4. The molecule has 1 fully saturated rings. The number of nitrogens with zero attached hydrogens (tertiary/aromatic N) is 7. The predicted molar refractivity (Wildman–Crippen MR) is 310 cm³/mol. The van der Waals surface area contributed by atoms with E-state index in [0.29, 0.717) is 23.5 Å². The molecule has 0 radical (unpaired) electrons. The number of ether oxygens (including phenoxy) is 3. The van der Waals surface area contributed by atoms with Gasteiger partial charge in [-0.25, -0.2) is 38.0 Å². The summed E-state index contributed by atoms with van der Waals surface area (Å²) in [5, 5.41) is 18.4. The first-order valence-electron chi connectivity index (χ1n) is 27.0. The summed E-state index contributed by atoms with van der Waals surface area (Å²) in [4.78, 5) is 95.7. The summed E-state index contributed by atoms with van der Waals surface area (Å²) in [6.45, 7) is 17.8. The summed E-state index contributed by atoms with van der Waals surface area (Å²) in [6, 6.07) is 16.2. The maximum atomic E-state index is 14.7. The lowest BCUT2D eigenvalue weighted by Gasteiger charge is -2.43. The number of nitrogen functional groups attached to an aromatic ring is 1. The number of rotatable bonds is 20. The van der Waals surface area contributed by atoms with Crippen LogP contribution in [0.2, 0.25) is 0 Å². The number of hydrogen-bond donors (Lipinski definition) is 9. The van der Waals surface area contributed by atoms with Crippen LogP contribution in [0.5, 0.6) is 11.5 Å². The van der Waals surface area contributed by atoms with E-state index in [1.54, 1.807) is 11.9 Å². The number of fused-ring (bicyclic) bond motifs is 5. The van der Waals surface area contributed by atoms with Gasteiger partial charge in [-0.05, 0) is 88.9 Å². The third kappa shape index (κ3) is 12.8. The van der Waals surface area contributed by atoms with E-state index in [-0.39, 0.29) is 65.9 Å². The highest BCUT2D eigenvalue weighted by Gasteiger charge is 2.50. The second-order valence-electron chi connectivity index (χ2n) is 21.8. The van der Waals surface area contributed by atoms with Gasteiger partial charge in [0.2, 0.25) is 11.3 Å². The molecule has 9 rings (SSSR count). The summed E-state index contributed by atoms with van der Waals surface area (Å²) in [5.74, 6) is 0.719. The molecule has 4 aliphatic rings. The number of allylic oxidation sites excluding steroid dienone is 2. The molecule has 6 atom stereocenters. The van der Waals surface area contributed by atoms with Crippen molar-refractivity contribution in [2.45, 2.75) is 104 Å². The lowest BCUT2D eigenvalue weighted by molar-refractivity contribution is -0.121. The number of hydrogen-bond acceptors (Lipinski definition) is 17. The van der Waals surface area contributed by atoms with E-state index < -0.39 is 60.6 Å². The zero-order chi connectivity index (χ0) is 61.0. The molecule has 2 aromatic heterocycles. The molecule has 0 bridgehead atoms. The van der Waals surface area contributed by atoms with Gasteiger partial charge < -0.3 is 65.1 Å². The van der Waals surface area contributed by atoms with Crippen LogP contribution in [0.4, 0.5) is 16.3 Å². The fourth-order valence-electron chi connectivity index (χ4n) is 11.5. The second-order valence-corrected chi connectivity index (χ2v) is 26.6. The van der Waals surface area contributed by atoms with Crippen molar-refractivity contribution in [2.24, 2.45) is 0 Å². The normalized spacial score (nSPS) is 20.9. The number of amides is 3. The number of imidazole rings is 1. The van der Waals surface area contributed by atoms with Crippen molar-refractivity contribution in [3.05, 3.63) is 112 Å². The molecule has 2 unspecified atom stereocenters. The average Bonchev–Trinajstić information content (AvgIpc) is 1.20. The third-order valence-corrected chi connectivity index (χ3v) is 19.3. The van der Waals surface area contributed by atoms with Gasteiger partial charge in [0.05, 0.1) is 24.5 Å². The van der Waals surface area contributed by atoms with Gasteiger partial charge in [0.1, 0.15) is 42.1 Å². The summed E-state index contributed by atoms with van der Waals surface area (Å²) >= 11 is 0. The van der Waals surface area contributed by atoms with E-state index >= 15 is 0 Å². The predicted octanol–water partition coefficient (Wildman–Crippen LogP) is 4.43. The Morgan fingerprint density at radius 2 is 1.61 bits per heavy atom. The van der Waals surface area contributed by atoms with Crippen LogP contribution in [-0.2, 0) is 36.8 Å². The van der Waals surface area contributed by atoms with E-state index in [1.807, 2.05) is 24.3 Å². The van der Waals surface area contributed by atoms with Crippen LogP contribution in [0.1, 0.15) is 107 Å². The van der Waals surface area contributed by atoms with Crippen molar-refractivity contribution < 1.29 is 75.8 Å². The lowest BCUT2D eigenvalue weighted by atomic mass is 9.83. The van der Waals surface area contributed by atoms with E-state index in [2.05, 4.69) is 131 Å². The highest BCUT2D eigenvalue weighted by Crippen LogP contribution is 2.61. The number of phosphoric ester groups is 1. The van der Waals surface area contributed by atoms with Crippen molar-refractivity contribution in [2.75, 3.05) is 57.0 Å². The molecule has 0 aliphatic carbocycles. The standard InChI is InChI=1S/C54H68N11O16P3/c1-10-64-38-23-40-36(21-34(38)30(3)25-53(64,5)6)44(37-22-35-31(4)26-54(7,8)65(11-2)39(35)24-41(37)78-40)32-15-12-13-16-33(32)50(68)62(9)20-14-17-43(66)56-18-19-57-52(69)80-47-46(67)42(27-77-84(75,76)81-83(73,74)61-82(70,71)72)79-51(47)63-29-60-45-48(55)58-28-59-49(45)63/h12-13,15-16,21-26,28-29,42,46-47,51,67H,10-11,14,17-20,27H2,1-9H3,(H8-,55,56,57,58,59,61,66,69,70,71,72,73,74,75,76)/p+1/t42-,46-,47-,51-/m1/s1. The first kappa shape index (κ1) is 61.8. The molecule has 27 nitrogen and oxygen atoms in total. The third-order valence-electron chi connectivity index (χ3n) is 15.0. The molecular formula is C54H69N11O16P3+. The fourth-order valence-corrected chi connectivity index (χ4v) is 15.0. The highest BCUT2D eigenvalue weighted by molar-refractivity contribution is 7.70. The van der Waals surface area contributed by atoms with Crippen molar-refractivity contribution in [1.82, 2.24) is 44.5 Å². The van der Waals surface area contributed by atoms with Gasteiger partial charge in [-0.1, -0.05) is 24.3 Å². The molecule has 84 heavy (non-hydrogen) atoms. The zero-order valence-corrected chi connectivity index (χ0v) is 50.4. The molecule has 30 heteroatoms. The average molecular weight is 1220 g/mol. The number of aliphatic hydroxyl groups is 1. The Bertz CT molecular complexity index is 3830. The van der Waals surface area contributed by atoms with Crippen molar-refractivity contribution in [1.29, 1.82) is 0 Å². The van der Waals surface area contributed by atoms with Gasteiger partial charge in [0.25, 0.3) is 5.91 Å². The summed E-state index contributed by atoms with van der Waals surface area (Å²) in [6.07, 6.45) is -0.509. The molecule has 3 aromatic carbocycles. The number of alkyl carbamates (subject to hydrolysis) is 1. The Hall–Kier alpha value is -6.70. The molecular weight excluding hydrogens is 1150 g/mol. The van der Waals surface area contributed by atoms with E-state index in [9.17, 15) is 43.0 Å². The smallest absolute Gasteiger partial charge is 0.456 e. The Labute approximate surface area is 483 Å².